The van der Waals surface area contributed by atoms with Crippen molar-refractivity contribution in [2.24, 2.45) is 0 Å². The lowest BCUT2D eigenvalue weighted by atomic mass is 10.1. The Hall–Kier alpha value is -1.11. The largest absolute Gasteiger partial charge is 0.398 e. The summed E-state index contributed by atoms with van der Waals surface area (Å²) in [5.41, 5.74) is 8.21. The third-order valence-electron chi connectivity index (χ3n) is 3.50. The minimum Gasteiger partial charge on any atom is -0.398 e. The van der Waals surface area contributed by atoms with Crippen molar-refractivity contribution in [1.29, 1.82) is 0 Å². The summed E-state index contributed by atoms with van der Waals surface area (Å²) in [6, 6.07) is 3.23. The molecule has 0 bridgehead atoms. The van der Waals surface area contributed by atoms with Crippen LogP contribution in [-0.4, -0.2) is 39.0 Å². The Bertz CT molecular complexity index is 538. The first-order valence-electron chi connectivity index (χ1n) is 6.37. The fraction of sp³-hybridized carbons (Fsp3) is 0.538. The predicted molar refractivity (Wildman–Crippen MR) is 74.5 cm³/mol. The maximum Gasteiger partial charge on any atom is 0.243 e. The molecule has 1 aromatic rings. The molecule has 106 valence electrons. The number of nitrogens with zero attached hydrogens (tertiary/aromatic N) is 1. The van der Waals surface area contributed by atoms with Gasteiger partial charge in [-0.25, -0.2) is 8.42 Å². The molecule has 1 aliphatic heterocycles. The normalized spacial score (nSPS) is 18.2. The quantitative estimate of drug-likeness (QED) is 0.831. The van der Waals surface area contributed by atoms with Crippen LogP contribution in [0.1, 0.15) is 17.5 Å². The minimum absolute atomic E-state index is 0.273. The van der Waals surface area contributed by atoms with Gasteiger partial charge in [0.05, 0.1) is 11.5 Å². The number of hydrogen-bond acceptors (Lipinski definition) is 4. The van der Waals surface area contributed by atoms with Crippen LogP contribution in [0.5, 0.6) is 0 Å². The second-order valence-electron chi connectivity index (χ2n) is 4.82. The summed E-state index contributed by atoms with van der Waals surface area (Å²) in [6.07, 6.45) is 0.722. The number of aryl methyl sites for hydroxylation is 1. The van der Waals surface area contributed by atoms with E-state index in [1.54, 1.807) is 12.1 Å². The van der Waals surface area contributed by atoms with Crippen LogP contribution in [0.4, 0.5) is 5.69 Å². The van der Waals surface area contributed by atoms with Gasteiger partial charge >= 0.3 is 0 Å². The van der Waals surface area contributed by atoms with Crippen molar-refractivity contribution in [2.45, 2.75) is 25.2 Å². The Balaban J connectivity index is 2.38. The maximum atomic E-state index is 12.6. The molecule has 1 saturated heterocycles. The summed E-state index contributed by atoms with van der Waals surface area (Å²) >= 11 is 0. The molecule has 0 saturated carbocycles. The van der Waals surface area contributed by atoms with E-state index in [-0.39, 0.29) is 4.90 Å². The molecular formula is C13H20N2O3S. The van der Waals surface area contributed by atoms with Crippen LogP contribution in [0.3, 0.4) is 0 Å². The van der Waals surface area contributed by atoms with Crippen molar-refractivity contribution in [3.63, 3.8) is 0 Å². The molecule has 0 radical (unpaired) electrons. The van der Waals surface area contributed by atoms with Gasteiger partial charge in [-0.05, 0) is 43.5 Å². The molecule has 0 amide bonds. The standard InChI is InChI=1S/C13H20N2O3S/c1-10-8-12(9-13(14)11(10)2)19(16,17)15-4-3-6-18-7-5-15/h8-9H,3-7,14H2,1-2H3. The average Bonchev–Trinajstić information content (AvgIpc) is 2.64. The van der Waals surface area contributed by atoms with Crippen molar-refractivity contribution in [3.8, 4) is 0 Å². The zero-order valence-corrected chi connectivity index (χ0v) is 12.2. The summed E-state index contributed by atoms with van der Waals surface area (Å²) in [5.74, 6) is 0. The average molecular weight is 284 g/mol. The maximum absolute atomic E-state index is 12.6. The molecule has 1 fully saturated rings. The van der Waals surface area contributed by atoms with Gasteiger partial charge in [0.1, 0.15) is 0 Å². The molecule has 0 aromatic heterocycles. The van der Waals surface area contributed by atoms with Crippen LogP contribution >= 0.6 is 0 Å². The van der Waals surface area contributed by atoms with Crippen LogP contribution < -0.4 is 5.73 Å². The zero-order valence-electron chi connectivity index (χ0n) is 11.3. The number of sulfonamides is 1. The number of anilines is 1. The third-order valence-corrected chi connectivity index (χ3v) is 5.38. The zero-order chi connectivity index (χ0) is 14.0. The second-order valence-corrected chi connectivity index (χ2v) is 6.76. The van der Waals surface area contributed by atoms with Gasteiger partial charge in [-0.3, -0.25) is 0 Å². The number of hydrogen-bond donors (Lipinski definition) is 1. The van der Waals surface area contributed by atoms with Crippen molar-refractivity contribution in [2.75, 3.05) is 32.0 Å². The topological polar surface area (TPSA) is 72.6 Å². The molecule has 1 aromatic carbocycles. The van der Waals surface area contributed by atoms with E-state index >= 15 is 0 Å². The van der Waals surface area contributed by atoms with Crippen molar-refractivity contribution < 1.29 is 13.2 Å². The first-order valence-corrected chi connectivity index (χ1v) is 7.81. The molecule has 2 rings (SSSR count). The predicted octanol–water partition coefficient (Wildman–Crippen LogP) is 1.30. The smallest absolute Gasteiger partial charge is 0.243 e. The molecule has 1 heterocycles. The van der Waals surface area contributed by atoms with E-state index in [2.05, 4.69) is 0 Å². The van der Waals surface area contributed by atoms with Crippen LogP contribution in [-0.2, 0) is 14.8 Å². The van der Waals surface area contributed by atoms with E-state index in [0.29, 0.717) is 32.0 Å². The molecule has 6 heteroatoms. The number of nitrogen functional groups attached to an aromatic ring is 1. The van der Waals surface area contributed by atoms with E-state index in [1.165, 1.54) is 4.31 Å². The molecule has 2 N–H and O–H groups in total. The summed E-state index contributed by atoms with van der Waals surface area (Å²) < 4.78 is 31.9. The summed E-state index contributed by atoms with van der Waals surface area (Å²) in [6.45, 7) is 5.71. The van der Waals surface area contributed by atoms with Crippen LogP contribution in [0.25, 0.3) is 0 Å². The van der Waals surface area contributed by atoms with Gasteiger partial charge in [0, 0.05) is 25.4 Å². The molecule has 0 spiro atoms. The fourth-order valence-corrected chi connectivity index (χ4v) is 3.70. The Morgan fingerprint density at radius 1 is 1.21 bits per heavy atom. The van der Waals surface area contributed by atoms with Gasteiger partial charge < -0.3 is 10.5 Å². The van der Waals surface area contributed by atoms with Gasteiger partial charge in [0.2, 0.25) is 10.0 Å². The van der Waals surface area contributed by atoms with Gasteiger partial charge in [0.25, 0.3) is 0 Å². The van der Waals surface area contributed by atoms with Crippen molar-refractivity contribution >= 4 is 15.7 Å². The highest BCUT2D eigenvalue weighted by molar-refractivity contribution is 7.89. The summed E-state index contributed by atoms with van der Waals surface area (Å²) in [5, 5.41) is 0. The van der Waals surface area contributed by atoms with Gasteiger partial charge in [-0.15, -0.1) is 0 Å². The molecule has 1 aliphatic rings. The highest BCUT2D eigenvalue weighted by atomic mass is 32.2. The molecule has 5 nitrogen and oxygen atoms in total. The van der Waals surface area contributed by atoms with E-state index in [1.807, 2.05) is 13.8 Å². The highest BCUT2D eigenvalue weighted by Gasteiger charge is 2.26. The summed E-state index contributed by atoms with van der Waals surface area (Å²) in [7, 11) is -3.47. The monoisotopic (exact) mass is 284 g/mol. The van der Waals surface area contributed by atoms with E-state index in [9.17, 15) is 8.42 Å². The molecule has 0 aliphatic carbocycles. The van der Waals surface area contributed by atoms with E-state index in [0.717, 1.165) is 17.5 Å². The van der Waals surface area contributed by atoms with Crippen LogP contribution in [0.15, 0.2) is 17.0 Å². The lowest BCUT2D eigenvalue weighted by Gasteiger charge is -2.20. The van der Waals surface area contributed by atoms with E-state index < -0.39 is 10.0 Å². The van der Waals surface area contributed by atoms with Crippen LogP contribution in [0.2, 0.25) is 0 Å². The molecule has 19 heavy (non-hydrogen) atoms. The first kappa shape index (κ1) is 14.3. The number of nitrogens with two attached hydrogens (primary N) is 1. The number of ether oxygens (including phenoxy) is 1. The molecule has 0 unspecified atom stereocenters. The van der Waals surface area contributed by atoms with Gasteiger partial charge in [-0.1, -0.05) is 0 Å². The Morgan fingerprint density at radius 3 is 2.63 bits per heavy atom. The SMILES string of the molecule is Cc1cc(S(=O)(=O)N2CCCOCC2)cc(N)c1C. The third kappa shape index (κ3) is 2.91. The Morgan fingerprint density at radius 2 is 1.95 bits per heavy atom. The molecular weight excluding hydrogens is 264 g/mol. The Kier molecular flexibility index (Phi) is 4.13. The fourth-order valence-electron chi connectivity index (χ4n) is 2.11. The van der Waals surface area contributed by atoms with E-state index in [4.69, 9.17) is 10.5 Å². The lowest BCUT2D eigenvalue weighted by Crippen LogP contribution is -2.33. The number of rotatable bonds is 2. The molecule has 0 atom stereocenters. The van der Waals surface area contributed by atoms with Crippen molar-refractivity contribution in [1.82, 2.24) is 4.31 Å². The van der Waals surface area contributed by atoms with Gasteiger partial charge in [0.15, 0.2) is 0 Å². The minimum atomic E-state index is -3.47. The van der Waals surface area contributed by atoms with Crippen LogP contribution in [0, 0.1) is 13.8 Å². The highest BCUT2D eigenvalue weighted by Crippen LogP contribution is 2.24. The Labute approximate surface area is 114 Å². The van der Waals surface area contributed by atoms with Crippen molar-refractivity contribution in [3.05, 3.63) is 23.3 Å². The van der Waals surface area contributed by atoms with Gasteiger partial charge in [-0.2, -0.15) is 4.31 Å². The number of benzene rings is 1. The first-order chi connectivity index (χ1) is 8.93. The summed E-state index contributed by atoms with van der Waals surface area (Å²) in [4.78, 5) is 0.273. The lowest BCUT2D eigenvalue weighted by molar-refractivity contribution is 0.148. The second kappa shape index (κ2) is 5.48.